The fraction of sp³-hybridized carbons (Fsp3) is 0.212. The van der Waals surface area contributed by atoms with Crippen molar-refractivity contribution in [3.8, 4) is 16.9 Å². The van der Waals surface area contributed by atoms with E-state index >= 15 is 0 Å². The molecule has 61 heavy (non-hydrogen) atoms. The number of carbonyl (C=O) groups is 1. The molecule has 324 valence electrons. The first-order chi connectivity index (χ1) is 27.1. The maximum absolute atomic E-state index is 9.20. The fourth-order valence-corrected chi connectivity index (χ4v) is 7.45. The summed E-state index contributed by atoms with van der Waals surface area (Å²) in [6.45, 7) is 22.3. The van der Waals surface area contributed by atoms with Crippen molar-refractivity contribution in [3.05, 3.63) is 198 Å². The van der Waals surface area contributed by atoms with Gasteiger partial charge in [0.1, 0.15) is 5.75 Å². The van der Waals surface area contributed by atoms with E-state index in [1.165, 1.54) is 54.7 Å². The molecule has 0 heterocycles. The van der Waals surface area contributed by atoms with Crippen LogP contribution in [-0.2, 0) is 29.8 Å². The Balaban J connectivity index is 0.000000874. The second-order valence-electron chi connectivity index (χ2n) is 14.9. The first-order valence-electron chi connectivity index (χ1n) is 19.1. The summed E-state index contributed by atoms with van der Waals surface area (Å²) < 4.78 is 5.23. The van der Waals surface area contributed by atoms with Gasteiger partial charge in [0.25, 0.3) is 5.97 Å². The minimum absolute atomic E-state index is 0. The Hall–Kier alpha value is -1.01. The fourth-order valence-electron chi connectivity index (χ4n) is 7.05. The van der Waals surface area contributed by atoms with Crippen LogP contribution in [0.1, 0.15) is 59.7 Å². The molecule has 9 heteroatoms. The predicted octanol–water partition coefficient (Wildman–Crippen LogP) is 13.2. The number of aryl methyl sites for hydroxylation is 4. The smallest absolute Gasteiger partial charge is 0.668 e. The first kappa shape index (κ1) is 60.0. The zero-order valence-electron chi connectivity index (χ0n) is 36.0. The van der Waals surface area contributed by atoms with Gasteiger partial charge in [0.05, 0.1) is 7.11 Å². The molecule has 0 aromatic heterocycles. The second kappa shape index (κ2) is 28.8. The van der Waals surface area contributed by atoms with Crippen LogP contribution in [0.2, 0.25) is 0 Å². The number of ether oxygens (including phenoxy) is 1. The molecule has 4 nitrogen and oxygen atoms in total. The van der Waals surface area contributed by atoms with Gasteiger partial charge in [-0.3, -0.25) is 4.79 Å². The zero-order valence-corrected chi connectivity index (χ0v) is 41.0. The number of hydrogen-bond acceptors (Lipinski definition) is 2. The number of carboxylic acids is 1. The van der Waals surface area contributed by atoms with Crippen LogP contribution in [0.5, 0.6) is 5.75 Å². The summed E-state index contributed by atoms with van der Waals surface area (Å²) in [6.07, 6.45) is 0. The molecule has 0 saturated heterocycles. The monoisotopic (exact) mass is 995 g/mol. The Morgan fingerprint density at radius 2 is 1.18 bits per heavy atom. The SMILES string of the molecule is CC(=O)O.Cc1cc(C)cc(C)c1.[Ar].[Ar].[Ar].[CH2-]C(C(C)C)C([NH-])(c1[c-]cc(C)cc1)c1ccc(OC)cc1.[CH2-]c1ccc2ccccc2c1-c1c(P)ccc2ccccc12.[Ru+4]. The minimum Gasteiger partial charge on any atom is -0.668 e. The molecular weight excluding hydrogens is 938 g/mol. The molecule has 0 aliphatic heterocycles. The number of carboxylic acid groups (broad SMARTS) is 1. The van der Waals surface area contributed by atoms with Gasteiger partial charge in [0.15, 0.2) is 0 Å². The molecule has 7 rings (SSSR count). The second-order valence-corrected chi connectivity index (χ2v) is 15.5. The van der Waals surface area contributed by atoms with Gasteiger partial charge in [-0.25, -0.2) is 0 Å². The first-order valence-corrected chi connectivity index (χ1v) is 19.7. The molecule has 7 aromatic rings. The third kappa shape index (κ3) is 16.7. The van der Waals surface area contributed by atoms with Crippen molar-refractivity contribution in [2.24, 2.45) is 11.8 Å². The molecule has 0 aliphatic carbocycles. The standard InChI is InChI=1S/C21H16P.C20H24NO.C9H12.C2H4O2.3Ar.Ru/c1-14-10-11-15-6-2-4-8-17(15)20(14)21-18-9-5-3-7-16(18)12-13-19(21)22;1-14(2)16(4)20(21,17-8-6-15(3)7-9-17)18-10-12-19(22-5)13-11-18;1-7-4-8(2)6-9(3)5-7;1-2(3)4;;;;/h2-13H,1,22H2;6-8,10-14,16,21H,4H2,1-3,5H3;4-6H,1-3H3;1H3,(H,3,4);;;;/q-1;-3;;;;;;+4. The summed E-state index contributed by atoms with van der Waals surface area (Å²) in [5, 5.41) is 13.7. The van der Waals surface area contributed by atoms with E-state index in [1.54, 1.807) is 7.11 Å². The third-order valence-electron chi connectivity index (χ3n) is 9.89. The molecule has 7 aromatic carbocycles. The maximum Gasteiger partial charge on any atom is 4.00 e. The van der Waals surface area contributed by atoms with E-state index in [1.807, 2.05) is 49.4 Å². The molecule has 0 amide bonds. The quantitative estimate of drug-likeness (QED) is 0.103. The summed E-state index contributed by atoms with van der Waals surface area (Å²) in [5.41, 5.74) is 18.8. The van der Waals surface area contributed by atoms with E-state index in [2.05, 4.69) is 155 Å². The van der Waals surface area contributed by atoms with Crippen molar-refractivity contribution in [2.75, 3.05) is 7.11 Å². The van der Waals surface area contributed by atoms with Gasteiger partial charge < -0.3 is 22.5 Å². The largest absolute Gasteiger partial charge is 4.00 e. The normalized spacial score (nSPS) is 11.4. The summed E-state index contributed by atoms with van der Waals surface area (Å²) in [6, 6.07) is 49.2. The molecule has 0 bridgehead atoms. The van der Waals surface area contributed by atoms with Crippen LogP contribution < -0.4 is 10.0 Å². The molecule has 2 N–H and O–H groups in total. The van der Waals surface area contributed by atoms with Crippen molar-refractivity contribution in [1.29, 1.82) is 0 Å². The average molecular weight is 995 g/mol. The van der Waals surface area contributed by atoms with E-state index in [9.17, 15) is 5.73 Å². The van der Waals surface area contributed by atoms with Crippen LogP contribution in [0, 0.1) is 173 Å². The summed E-state index contributed by atoms with van der Waals surface area (Å²) in [7, 11) is 4.53. The van der Waals surface area contributed by atoms with Crippen molar-refractivity contribution in [1.82, 2.24) is 0 Å². The maximum atomic E-state index is 9.20. The topological polar surface area (TPSA) is 70.3 Å². The van der Waals surface area contributed by atoms with E-state index < -0.39 is 11.5 Å². The molecular formula is C52H56Ar3NO3PRu. The number of fused-ring (bicyclic) bond motifs is 2. The summed E-state index contributed by atoms with van der Waals surface area (Å²) in [4.78, 5) is 9.00. The van der Waals surface area contributed by atoms with Crippen molar-refractivity contribution in [3.63, 3.8) is 0 Å². The number of aliphatic carboxylic acids is 1. The number of methoxy groups -OCH3 is 1. The van der Waals surface area contributed by atoms with Crippen LogP contribution in [0.4, 0.5) is 0 Å². The van der Waals surface area contributed by atoms with Crippen molar-refractivity contribution in [2.45, 2.75) is 54.0 Å². The number of nitrogens with one attached hydrogen (secondary N) is 1. The molecule has 0 saturated carbocycles. The molecule has 3 atom stereocenters. The van der Waals surface area contributed by atoms with Crippen LogP contribution in [0.15, 0.2) is 133 Å². The Kier molecular flexibility index (Phi) is 28.3. The van der Waals surface area contributed by atoms with E-state index in [0.29, 0.717) is 0 Å². The van der Waals surface area contributed by atoms with Crippen LogP contribution in [-0.4, -0.2) is 18.2 Å². The van der Waals surface area contributed by atoms with Gasteiger partial charge in [-0.15, -0.1) is 26.4 Å². The van der Waals surface area contributed by atoms with Crippen molar-refractivity contribution < 1.29 is 147 Å². The number of rotatable bonds is 6. The molecule has 0 spiro atoms. The molecule has 0 fully saturated rings. The summed E-state index contributed by atoms with van der Waals surface area (Å²) in [5.74, 6) is 0.165. The van der Waals surface area contributed by atoms with E-state index in [0.717, 1.165) is 34.9 Å². The molecule has 0 aliphatic rings. The van der Waals surface area contributed by atoms with Gasteiger partial charge in [-0.2, -0.15) is 59.9 Å². The Morgan fingerprint density at radius 1 is 0.721 bits per heavy atom. The minimum atomic E-state index is -0.922. The van der Waals surface area contributed by atoms with Crippen LogP contribution in [0.25, 0.3) is 38.4 Å². The molecule has 3 unspecified atom stereocenters. The zero-order chi connectivity index (χ0) is 41.9. The van der Waals surface area contributed by atoms with Gasteiger partial charge in [-0.1, -0.05) is 151 Å². The Labute approximate surface area is 470 Å². The third-order valence-corrected chi connectivity index (χ3v) is 10.4. The van der Waals surface area contributed by atoms with Crippen molar-refractivity contribution >= 4 is 42.1 Å². The van der Waals surface area contributed by atoms with Crippen LogP contribution in [0.3, 0.4) is 0 Å². The van der Waals surface area contributed by atoms with E-state index in [-0.39, 0.29) is 145 Å². The Bertz CT molecular complexity index is 2290. The average Bonchev–Trinajstić information content (AvgIpc) is 3.18. The Morgan fingerprint density at radius 3 is 1.62 bits per heavy atom. The number of benzene rings is 7. The van der Waals surface area contributed by atoms with Gasteiger partial charge in [-0.05, 0) is 54.4 Å². The van der Waals surface area contributed by atoms with Gasteiger partial charge >= 0.3 is 19.5 Å². The van der Waals surface area contributed by atoms with E-state index in [4.69, 9.17) is 14.6 Å². The predicted molar refractivity (Wildman–Crippen MR) is 246 cm³/mol. The molecule has 0 radical (unpaired) electrons. The van der Waals surface area contributed by atoms with Crippen LogP contribution >= 0.6 is 9.24 Å². The van der Waals surface area contributed by atoms with Gasteiger partial charge in [0, 0.05) is 120 Å². The number of hydrogen-bond donors (Lipinski definition) is 1. The van der Waals surface area contributed by atoms with Gasteiger partial charge in [0.2, 0.25) is 0 Å². The summed E-state index contributed by atoms with van der Waals surface area (Å²) >= 11 is 0.